The van der Waals surface area contributed by atoms with E-state index in [0.29, 0.717) is 0 Å². The predicted molar refractivity (Wildman–Crippen MR) is 77.5 cm³/mol. The van der Waals surface area contributed by atoms with Gasteiger partial charge in [0, 0.05) is 24.6 Å². The number of ether oxygens (including phenoxy) is 1. The van der Waals surface area contributed by atoms with Crippen LogP contribution in [0.25, 0.3) is 0 Å². The molecule has 0 spiro atoms. The van der Waals surface area contributed by atoms with Crippen LogP contribution in [-0.4, -0.2) is 16.2 Å². The first-order valence-corrected chi connectivity index (χ1v) is 6.80. The van der Waals surface area contributed by atoms with E-state index in [9.17, 15) is 0 Å². The van der Waals surface area contributed by atoms with E-state index >= 15 is 0 Å². The molecule has 0 saturated carbocycles. The second-order valence-corrected chi connectivity index (χ2v) is 4.36. The van der Waals surface area contributed by atoms with Crippen LogP contribution in [0.15, 0.2) is 36.7 Å². The largest absolute Gasteiger partial charge is 0.494 e. The molecule has 1 aromatic heterocycles. The molecule has 1 heterocycles. The summed E-state index contributed by atoms with van der Waals surface area (Å²) < 4.78 is 7.68. The zero-order valence-electron chi connectivity index (χ0n) is 11.6. The van der Waals surface area contributed by atoms with E-state index < -0.39 is 0 Å². The lowest BCUT2D eigenvalue weighted by Gasteiger charge is -2.09. The van der Waals surface area contributed by atoms with Crippen molar-refractivity contribution in [3.8, 4) is 5.75 Å². The van der Waals surface area contributed by atoms with Gasteiger partial charge < -0.3 is 14.6 Å². The van der Waals surface area contributed by atoms with Crippen LogP contribution in [0.3, 0.4) is 0 Å². The van der Waals surface area contributed by atoms with E-state index in [1.54, 1.807) is 0 Å². The van der Waals surface area contributed by atoms with E-state index in [2.05, 4.69) is 28.7 Å². The van der Waals surface area contributed by atoms with Crippen LogP contribution in [0.5, 0.6) is 5.75 Å². The van der Waals surface area contributed by atoms with Crippen molar-refractivity contribution in [2.24, 2.45) is 0 Å². The van der Waals surface area contributed by atoms with Gasteiger partial charge in [-0.15, -0.1) is 0 Å². The number of nitrogens with zero attached hydrogens (tertiary/aromatic N) is 2. The zero-order valence-corrected chi connectivity index (χ0v) is 11.6. The molecule has 4 nitrogen and oxygen atoms in total. The van der Waals surface area contributed by atoms with Gasteiger partial charge in [-0.3, -0.25) is 0 Å². The monoisotopic (exact) mass is 259 g/mol. The Morgan fingerprint density at radius 1 is 1.21 bits per heavy atom. The van der Waals surface area contributed by atoms with Crippen molar-refractivity contribution in [2.45, 2.75) is 33.4 Å². The number of benzene rings is 1. The fourth-order valence-electron chi connectivity index (χ4n) is 1.87. The molecular weight excluding hydrogens is 238 g/mol. The van der Waals surface area contributed by atoms with Crippen LogP contribution >= 0.6 is 0 Å². The Morgan fingerprint density at radius 2 is 2.00 bits per heavy atom. The second-order valence-electron chi connectivity index (χ2n) is 4.36. The minimum atomic E-state index is 0.732. The van der Waals surface area contributed by atoms with Gasteiger partial charge in [-0.05, 0) is 37.6 Å². The molecule has 2 rings (SSSR count). The highest BCUT2D eigenvalue weighted by Gasteiger charge is 2.01. The Kier molecular flexibility index (Phi) is 4.84. The maximum absolute atomic E-state index is 5.55. The van der Waals surface area contributed by atoms with Crippen LogP contribution in [0, 0.1) is 0 Å². The summed E-state index contributed by atoms with van der Waals surface area (Å²) >= 11 is 0. The molecule has 0 aliphatic carbocycles. The first-order chi connectivity index (χ1) is 9.33. The number of hydrogen-bond acceptors (Lipinski definition) is 3. The molecule has 0 atom stereocenters. The summed E-state index contributed by atoms with van der Waals surface area (Å²) in [6.45, 7) is 6.66. The standard InChI is InChI=1S/C15H21N3O/c1-3-11-19-14-7-5-13(6-8-14)17-12-15-16-9-10-18(15)4-2/h5-10,17H,3-4,11-12H2,1-2H3. The highest BCUT2D eigenvalue weighted by Crippen LogP contribution is 2.16. The maximum Gasteiger partial charge on any atom is 0.128 e. The van der Waals surface area contributed by atoms with Gasteiger partial charge in [-0.1, -0.05) is 6.92 Å². The molecule has 0 fully saturated rings. The lowest BCUT2D eigenvalue weighted by atomic mass is 10.3. The van der Waals surface area contributed by atoms with Gasteiger partial charge >= 0.3 is 0 Å². The molecule has 1 aromatic carbocycles. The Hall–Kier alpha value is -1.97. The van der Waals surface area contributed by atoms with Crippen molar-refractivity contribution in [3.05, 3.63) is 42.5 Å². The first-order valence-electron chi connectivity index (χ1n) is 6.80. The number of hydrogen-bond donors (Lipinski definition) is 1. The van der Waals surface area contributed by atoms with Crippen LogP contribution in [0.2, 0.25) is 0 Å². The molecule has 0 amide bonds. The summed E-state index contributed by atoms with van der Waals surface area (Å²) in [6.07, 6.45) is 4.86. The maximum atomic E-state index is 5.55. The van der Waals surface area contributed by atoms with Crippen LogP contribution in [0.1, 0.15) is 26.1 Å². The van der Waals surface area contributed by atoms with Gasteiger partial charge in [0.2, 0.25) is 0 Å². The summed E-state index contributed by atoms with van der Waals surface area (Å²) in [5.74, 6) is 1.97. The predicted octanol–water partition coefficient (Wildman–Crippen LogP) is 3.30. The number of nitrogens with one attached hydrogen (secondary N) is 1. The van der Waals surface area contributed by atoms with Crippen LogP contribution < -0.4 is 10.1 Å². The third-order valence-electron chi connectivity index (χ3n) is 2.92. The highest BCUT2D eigenvalue weighted by molar-refractivity contribution is 5.46. The van der Waals surface area contributed by atoms with Crippen molar-refractivity contribution in [1.82, 2.24) is 9.55 Å². The summed E-state index contributed by atoms with van der Waals surface area (Å²) in [5, 5.41) is 3.37. The Morgan fingerprint density at radius 3 is 2.68 bits per heavy atom. The van der Waals surface area contributed by atoms with Crippen molar-refractivity contribution in [3.63, 3.8) is 0 Å². The molecule has 102 valence electrons. The van der Waals surface area contributed by atoms with Crippen molar-refractivity contribution >= 4 is 5.69 Å². The Balaban J connectivity index is 1.89. The average Bonchev–Trinajstić information content (AvgIpc) is 2.91. The quantitative estimate of drug-likeness (QED) is 0.829. The van der Waals surface area contributed by atoms with Crippen molar-refractivity contribution in [2.75, 3.05) is 11.9 Å². The van der Waals surface area contributed by atoms with E-state index in [0.717, 1.165) is 43.4 Å². The second kappa shape index (κ2) is 6.83. The number of aromatic nitrogens is 2. The number of rotatable bonds is 7. The normalized spacial score (nSPS) is 10.4. The fraction of sp³-hybridized carbons (Fsp3) is 0.400. The molecule has 0 saturated heterocycles. The molecule has 1 N–H and O–H groups in total. The van der Waals surface area contributed by atoms with E-state index in [4.69, 9.17) is 4.74 Å². The molecule has 0 unspecified atom stereocenters. The number of imidazole rings is 1. The molecule has 2 aromatic rings. The lowest BCUT2D eigenvalue weighted by molar-refractivity contribution is 0.317. The zero-order chi connectivity index (χ0) is 13.5. The summed E-state index contributed by atoms with van der Waals surface area (Å²) in [7, 11) is 0. The molecular formula is C15H21N3O. The van der Waals surface area contributed by atoms with Crippen molar-refractivity contribution in [1.29, 1.82) is 0 Å². The van der Waals surface area contributed by atoms with Crippen LogP contribution in [0.4, 0.5) is 5.69 Å². The molecule has 0 aliphatic rings. The van der Waals surface area contributed by atoms with Gasteiger partial charge in [0.15, 0.2) is 0 Å². The molecule has 0 radical (unpaired) electrons. The minimum Gasteiger partial charge on any atom is -0.494 e. The number of anilines is 1. The van der Waals surface area contributed by atoms with E-state index in [-0.39, 0.29) is 0 Å². The average molecular weight is 259 g/mol. The van der Waals surface area contributed by atoms with Gasteiger partial charge in [-0.25, -0.2) is 4.98 Å². The van der Waals surface area contributed by atoms with Crippen LogP contribution in [-0.2, 0) is 13.1 Å². The summed E-state index contributed by atoms with van der Waals surface area (Å²) in [5.41, 5.74) is 1.08. The van der Waals surface area contributed by atoms with E-state index in [1.807, 2.05) is 36.7 Å². The summed E-state index contributed by atoms with van der Waals surface area (Å²) in [4.78, 5) is 4.34. The molecule has 0 aliphatic heterocycles. The lowest BCUT2D eigenvalue weighted by Crippen LogP contribution is -2.07. The molecule has 19 heavy (non-hydrogen) atoms. The third kappa shape index (κ3) is 3.74. The Bertz CT molecular complexity index is 490. The van der Waals surface area contributed by atoms with E-state index in [1.165, 1.54) is 0 Å². The molecule has 4 heteroatoms. The van der Waals surface area contributed by atoms with Gasteiger partial charge in [-0.2, -0.15) is 0 Å². The van der Waals surface area contributed by atoms with Crippen molar-refractivity contribution < 1.29 is 4.74 Å². The third-order valence-corrected chi connectivity index (χ3v) is 2.92. The fourth-order valence-corrected chi connectivity index (χ4v) is 1.87. The van der Waals surface area contributed by atoms with Gasteiger partial charge in [0.1, 0.15) is 11.6 Å². The number of aryl methyl sites for hydroxylation is 1. The topological polar surface area (TPSA) is 39.1 Å². The van der Waals surface area contributed by atoms with Gasteiger partial charge in [0.05, 0.1) is 13.2 Å². The highest BCUT2D eigenvalue weighted by atomic mass is 16.5. The molecule has 0 bridgehead atoms. The first kappa shape index (κ1) is 13.5. The minimum absolute atomic E-state index is 0.732. The smallest absolute Gasteiger partial charge is 0.128 e. The van der Waals surface area contributed by atoms with Gasteiger partial charge in [0.25, 0.3) is 0 Å². The Labute approximate surface area is 114 Å². The SMILES string of the molecule is CCCOc1ccc(NCc2nccn2CC)cc1. The summed E-state index contributed by atoms with van der Waals surface area (Å²) in [6, 6.07) is 8.04.